The zero-order valence-electron chi connectivity index (χ0n) is 7.27. The molecule has 0 fully saturated rings. The van der Waals surface area contributed by atoms with Gasteiger partial charge >= 0.3 is 0 Å². The Balaban J connectivity index is 2.79. The van der Waals surface area contributed by atoms with Crippen molar-refractivity contribution in [2.45, 2.75) is 13.3 Å². The monoisotopic (exact) mass is 154 g/mol. The highest BCUT2D eigenvalue weighted by atomic mass is 16.1. The van der Waals surface area contributed by atoms with Crippen molar-refractivity contribution in [2.24, 2.45) is 0 Å². The lowest BCUT2D eigenvalue weighted by atomic mass is 10.2. The summed E-state index contributed by atoms with van der Waals surface area (Å²) in [6.07, 6.45) is 0.877. The summed E-state index contributed by atoms with van der Waals surface area (Å²) in [5.41, 5.74) is 2.03. The van der Waals surface area contributed by atoms with Crippen LogP contribution in [0, 0.1) is 0 Å². The molecule has 3 nitrogen and oxygen atoms in total. The third-order valence-corrected chi connectivity index (χ3v) is 2.21. The van der Waals surface area contributed by atoms with E-state index in [0.29, 0.717) is 0 Å². The van der Waals surface area contributed by atoms with Gasteiger partial charge < -0.3 is 10.2 Å². The first-order chi connectivity index (χ1) is 5.16. The molecule has 1 amide bonds. The van der Waals surface area contributed by atoms with Crippen LogP contribution in [0.25, 0.3) is 0 Å². The van der Waals surface area contributed by atoms with Gasteiger partial charge in [-0.25, -0.2) is 0 Å². The standard InChI is InChI=1S/C8H14N2O/c1-6-7(8(11)9-2)4-5-10(6)3/h4-5H2,1-3H3,(H,9,11). The first-order valence-electron chi connectivity index (χ1n) is 3.79. The lowest BCUT2D eigenvalue weighted by molar-refractivity contribution is -0.117. The van der Waals surface area contributed by atoms with E-state index >= 15 is 0 Å². The third kappa shape index (κ3) is 1.37. The number of hydrogen-bond acceptors (Lipinski definition) is 2. The second kappa shape index (κ2) is 2.95. The Labute approximate surface area is 67.1 Å². The fraction of sp³-hybridized carbons (Fsp3) is 0.625. The van der Waals surface area contributed by atoms with Crippen LogP contribution in [0.3, 0.4) is 0 Å². The molecule has 1 rings (SSSR count). The largest absolute Gasteiger partial charge is 0.377 e. The van der Waals surface area contributed by atoms with Crippen molar-refractivity contribution in [1.29, 1.82) is 0 Å². The molecule has 0 unspecified atom stereocenters. The quantitative estimate of drug-likeness (QED) is 0.590. The van der Waals surface area contributed by atoms with Gasteiger partial charge in [0.1, 0.15) is 0 Å². The molecule has 0 aromatic heterocycles. The lowest BCUT2D eigenvalue weighted by Gasteiger charge is -2.11. The normalized spacial score (nSPS) is 17.5. The van der Waals surface area contributed by atoms with Gasteiger partial charge in [0.05, 0.1) is 0 Å². The molecule has 11 heavy (non-hydrogen) atoms. The van der Waals surface area contributed by atoms with Crippen LogP contribution < -0.4 is 5.32 Å². The minimum atomic E-state index is 0.0619. The smallest absolute Gasteiger partial charge is 0.248 e. The van der Waals surface area contributed by atoms with Crippen molar-refractivity contribution in [3.05, 3.63) is 11.3 Å². The van der Waals surface area contributed by atoms with Crippen LogP contribution in [0.2, 0.25) is 0 Å². The highest BCUT2D eigenvalue weighted by molar-refractivity contribution is 5.94. The number of carbonyl (C=O) groups excluding carboxylic acids is 1. The Hall–Kier alpha value is -0.990. The van der Waals surface area contributed by atoms with Gasteiger partial charge in [-0.3, -0.25) is 4.79 Å². The van der Waals surface area contributed by atoms with E-state index in [1.165, 1.54) is 0 Å². The van der Waals surface area contributed by atoms with E-state index in [1.54, 1.807) is 7.05 Å². The second-order valence-corrected chi connectivity index (χ2v) is 2.81. The summed E-state index contributed by atoms with van der Waals surface area (Å²) in [6, 6.07) is 0. The Bertz CT molecular complexity index is 208. The Kier molecular flexibility index (Phi) is 2.17. The van der Waals surface area contributed by atoms with Gasteiger partial charge in [-0.05, 0) is 13.3 Å². The minimum absolute atomic E-state index is 0.0619. The summed E-state index contributed by atoms with van der Waals surface area (Å²) in [4.78, 5) is 13.3. The van der Waals surface area contributed by atoms with Gasteiger partial charge in [-0.1, -0.05) is 0 Å². The number of allylic oxidation sites excluding steroid dienone is 1. The van der Waals surface area contributed by atoms with Gasteiger partial charge in [0.2, 0.25) is 5.91 Å². The first kappa shape index (κ1) is 8.11. The number of likely N-dealkylation sites (N-methyl/N-ethyl adjacent to an activating group) is 1. The SMILES string of the molecule is CNC(=O)C1=C(C)N(C)CC1. The van der Waals surface area contributed by atoms with Crippen LogP contribution >= 0.6 is 0 Å². The molecule has 1 aliphatic rings. The second-order valence-electron chi connectivity index (χ2n) is 2.81. The van der Waals surface area contributed by atoms with Crippen LogP contribution in [0.5, 0.6) is 0 Å². The van der Waals surface area contributed by atoms with Crippen LogP contribution in [0.15, 0.2) is 11.3 Å². The van der Waals surface area contributed by atoms with Gasteiger partial charge in [-0.2, -0.15) is 0 Å². The van der Waals surface area contributed by atoms with Gasteiger partial charge in [-0.15, -0.1) is 0 Å². The number of carbonyl (C=O) groups is 1. The van der Waals surface area contributed by atoms with E-state index in [2.05, 4.69) is 10.2 Å². The summed E-state index contributed by atoms with van der Waals surface area (Å²) in [5, 5.41) is 2.63. The number of hydrogen-bond donors (Lipinski definition) is 1. The summed E-state index contributed by atoms with van der Waals surface area (Å²) >= 11 is 0. The number of nitrogens with zero attached hydrogens (tertiary/aromatic N) is 1. The molecule has 0 aromatic rings. The topological polar surface area (TPSA) is 32.3 Å². The predicted molar refractivity (Wildman–Crippen MR) is 44.0 cm³/mol. The van der Waals surface area contributed by atoms with Crippen LogP contribution in [0.1, 0.15) is 13.3 Å². The molecule has 62 valence electrons. The maximum atomic E-state index is 11.2. The zero-order valence-corrected chi connectivity index (χ0v) is 7.27. The molecule has 0 aromatic carbocycles. The first-order valence-corrected chi connectivity index (χ1v) is 3.79. The predicted octanol–water partition coefficient (Wildman–Crippen LogP) is 0.342. The van der Waals surface area contributed by atoms with Crippen molar-refractivity contribution in [3.8, 4) is 0 Å². The van der Waals surface area contributed by atoms with Gasteiger partial charge in [0.25, 0.3) is 0 Å². The Morgan fingerprint density at radius 3 is 2.64 bits per heavy atom. The zero-order chi connectivity index (χ0) is 8.43. The summed E-state index contributed by atoms with van der Waals surface area (Å²) in [6.45, 7) is 2.95. The number of rotatable bonds is 1. The van der Waals surface area contributed by atoms with Gasteiger partial charge in [0.15, 0.2) is 0 Å². The van der Waals surface area contributed by atoms with E-state index in [-0.39, 0.29) is 5.91 Å². The molecule has 1 aliphatic heterocycles. The van der Waals surface area contributed by atoms with E-state index in [0.717, 1.165) is 24.2 Å². The molecule has 3 heteroatoms. The molecular weight excluding hydrogens is 140 g/mol. The molecule has 0 radical (unpaired) electrons. The minimum Gasteiger partial charge on any atom is -0.377 e. The molecule has 0 spiro atoms. The average molecular weight is 154 g/mol. The van der Waals surface area contributed by atoms with Gasteiger partial charge in [0, 0.05) is 31.9 Å². The van der Waals surface area contributed by atoms with Crippen molar-refractivity contribution in [2.75, 3.05) is 20.6 Å². The maximum Gasteiger partial charge on any atom is 0.248 e. The molecule has 0 saturated carbocycles. The maximum absolute atomic E-state index is 11.2. The molecule has 0 aliphatic carbocycles. The van der Waals surface area contributed by atoms with Crippen LogP contribution in [0.4, 0.5) is 0 Å². The molecule has 0 saturated heterocycles. The molecule has 1 heterocycles. The lowest BCUT2D eigenvalue weighted by Crippen LogP contribution is -2.20. The van der Waals surface area contributed by atoms with E-state index < -0.39 is 0 Å². The highest BCUT2D eigenvalue weighted by Crippen LogP contribution is 2.19. The number of nitrogens with one attached hydrogen (secondary N) is 1. The number of amides is 1. The molecule has 0 atom stereocenters. The average Bonchev–Trinajstić information content (AvgIpc) is 2.32. The van der Waals surface area contributed by atoms with E-state index in [9.17, 15) is 4.79 Å². The van der Waals surface area contributed by atoms with E-state index in [4.69, 9.17) is 0 Å². The summed E-state index contributed by atoms with van der Waals surface area (Å²) in [7, 11) is 3.67. The van der Waals surface area contributed by atoms with Crippen molar-refractivity contribution in [3.63, 3.8) is 0 Å². The van der Waals surface area contributed by atoms with Crippen LogP contribution in [-0.4, -0.2) is 31.4 Å². The summed E-state index contributed by atoms with van der Waals surface area (Å²) < 4.78 is 0. The Morgan fingerprint density at radius 1 is 1.64 bits per heavy atom. The van der Waals surface area contributed by atoms with Crippen molar-refractivity contribution < 1.29 is 4.79 Å². The molecule has 0 bridgehead atoms. The fourth-order valence-corrected chi connectivity index (χ4v) is 1.29. The van der Waals surface area contributed by atoms with Crippen LogP contribution in [-0.2, 0) is 4.79 Å². The molecular formula is C8H14N2O. The fourth-order valence-electron chi connectivity index (χ4n) is 1.29. The van der Waals surface area contributed by atoms with Crippen molar-refractivity contribution >= 4 is 5.91 Å². The van der Waals surface area contributed by atoms with Crippen molar-refractivity contribution in [1.82, 2.24) is 10.2 Å². The third-order valence-electron chi connectivity index (χ3n) is 2.21. The Morgan fingerprint density at radius 2 is 2.27 bits per heavy atom. The van der Waals surface area contributed by atoms with E-state index in [1.807, 2.05) is 14.0 Å². The summed E-state index contributed by atoms with van der Waals surface area (Å²) in [5.74, 6) is 0.0619. The highest BCUT2D eigenvalue weighted by Gasteiger charge is 2.19. The molecule has 1 N–H and O–H groups in total.